The molecule has 0 aromatic carbocycles. The lowest BCUT2D eigenvalue weighted by Gasteiger charge is -2.08. The van der Waals surface area contributed by atoms with Crippen LogP contribution in [0.15, 0.2) is 0 Å². The summed E-state index contributed by atoms with van der Waals surface area (Å²) in [4.78, 5) is 0. The Labute approximate surface area is 75.2 Å². The molecule has 0 nitrogen and oxygen atoms in total. The Kier molecular flexibility index (Phi) is 8.48. The Morgan fingerprint density at radius 3 is 2.18 bits per heavy atom. The Hall–Kier alpha value is 0.217. The van der Waals surface area contributed by atoms with Crippen LogP contribution in [0.4, 0.5) is 0 Å². The second kappa shape index (κ2) is 8.31. The highest BCUT2D eigenvalue weighted by Gasteiger charge is 1.98. The van der Waals surface area contributed by atoms with Gasteiger partial charge in [-0.25, -0.2) is 0 Å². The van der Waals surface area contributed by atoms with Gasteiger partial charge in [-0.2, -0.15) is 0 Å². The van der Waals surface area contributed by atoms with Gasteiger partial charge in [-0.15, -0.1) is 0 Å². The molecule has 1 unspecified atom stereocenters. The molecule has 0 amide bonds. The molecule has 0 aliphatic rings. The molecule has 0 N–H and O–H groups in total. The molecule has 0 aromatic rings. The number of hydrogen-bond donors (Lipinski definition) is 0. The van der Waals surface area contributed by atoms with Crippen molar-refractivity contribution >= 4 is 10.2 Å². The first-order chi connectivity index (χ1) is 5.31. The lowest BCUT2D eigenvalue weighted by molar-refractivity contribution is 0.584. The molecule has 0 fully saturated rings. The molecule has 11 heavy (non-hydrogen) atoms. The first-order valence-electron chi connectivity index (χ1n) is 5.31. The first kappa shape index (κ1) is 11.2. The lowest BCUT2D eigenvalue weighted by atomic mass is 10.1. The zero-order valence-electron chi connectivity index (χ0n) is 8.53. The van der Waals surface area contributed by atoms with E-state index in [9.17, 15) is 0 Å². The third kappa shape index (κ3) is 8.12. The standard InChI is InChI=1S/C10H24Si/c1-3-5-6-7-9-10(11)8-4-2/h10H,3-9H2,1-2,11H3. The van der Waals surface area contributed by atoms with E-state index in [4.69, 9.17) is 0 Å². The van der Waals surface area contributed by atoms with Gasteiger partial charge in [-0.3, -0.25) is 0 Å². The van der Waals surface area contributed by atoms with E-state index >= 15 is 0 Å². The molecule has 0 heterocycles. The molecule has 0 aromatic heterocycles. The van der Waals surface area contributed by atoms with Crippen LogP contribution in [0.25, 0.3) is 0 Å². The smallest absolute Gasteiger partial charge is 0.00672 e. The van der Waals surface area contributed by atoms with Crippen molar-refractivity contribution in [2.45, 2.75) is 64.3 Å². The SMILES string of the molecule is CCCCCCC([SiH3])CCC. The Bertz CT molecular complexity index is 71.3. The largest absolute Gasteiger partial charge is 0.0654 e. The summed E-state index contributed by atoms with van der Waals surface area (Å²) in [6.45, 7) is 4.58. The number of unbranched alkanes of at least 4 members (excludes halogenated alkanes) is 3. The van der Waals surface area contributed by atoms with E-state index in [0.717, 1.165) is 5.54 Å². The second-order valence-electron chi connectivity index (χ2n) is 3.74. The van der Waals surface area contributed by atoms with Crippen molar-refractivity contribution in [2.24, 2.45) is 0 Å². The molecule has 0 bridgehead atoms. The molecule has 1 atom stereocenters. The third-order valence-corrected chi connectivity index (χ3v) is 3.49. The van der Waals surface area contributed by atoms with E-state index in [1.54, 1.807) is 0 Å². The average Bonchev–Trinajstić information content (AvgIpc) is 1.99. The first-order valence-corrected chi connectivity index (χ1v) is 6.46. The second-order valence-corrected chi connectivity index (χ2v) is 5.38. The van der Waals surface area contributed by atoms with Gasteiger partial charge >= 0.3 is 0 Å². The molecule has 68 valence electrons. The van der Waals surface area contributed by atoms with E-state index in [1.807, 2.05) is 0 Å². The minimum Gasteiger partial charge on any atom is -0.0654 e. The summed E-state index contributed by atoms with van der Waals surface area (Å²) in [6, 6.07) is 0. The van der Waals surface area contributed by atoms with Crippen LogP contribution >= 0.6 is 0 Å². The van der Waals surface area contributed by atoms with Crippen LogP contribution in [-0.4, -0.2) is 10.2 Å². The molecule has 0 aliphatic carbocycles. The predicted octanol–water partition coefficient (Wildman–Crippen LogP) is 2.91. The van der Waals surface area contributed by atoms with Crippen molar-refractivity contribution in [3.63, 3.8) is 0 Å². The highest BCUT2D eigenvalue weighted by atomic mass is 28.1. The highest BCUT2D eigenvalue weighted by molar-refractivity contribution is 6.11. The molecule has 0 radical (unpaired) electrons. The van der Waals surface area contributed by atoms with Crippen molar-refractivity contribution < 1.29 is 0 Å². The van der Waals surface area contributed by atoms with Gasteiger partial charge in [-0.05, 0) is 0 Å². The van der Waals surface area contributed by atoms with Crippen LogP contribution < -0.4 is 0 Å². The molecule has 1 heteroatoms. The van der Waals surface area contributed by atoms with E-state index in [1.165, 1.54) is 55.2 Å². The summed E-state index contributed by atoms with van der Waals surface area (Å²) in [6.07, 6.45) is 10.2. The third-order valence-electron chi connectivity index (χ3n) is 2.33. The Morgan fingerprint density at radius 2 is 1.64 bits per heavy atom. The predicted molar refractivity (Wildman–Crippen MR) is 57.4 cm³/mol. The van der Waals surface area contributed by atoms with Gasteiger partial charge in [0.25, 0.3) is 0 Å². The molecular formula is C10H24Si. The molecule has 0 spiro atoms. The van der Waals surface area contributed by atoms with Gasteiger partial charge in [-0.1, -0.05) is 64.3 Å². The molecule has 0 saturated carbocycles. The normalized spacial score (nSPS) is 13.6. The summed E-state index contributed by atoms with van der Waals surface area (Å²) < 4.78 is 0. The zero-order chi connectivity index (χ0) is 8.53. The van der Waals surface area contributed by atoms with E-state index in [0.29, 0.717) is 0 Å². The Morgan fingerprint density at radius 1 is 0.909 bits per heavy atom. The van der Waals surface area contributed by atoms with Gasteiger partial charge in [0.2, 0.25) is 0 Å². The van der Waals surface area contributed by atoms with Crippen LogP contribution in [0.1, 0.15) is 58.8 Å². The number of rotatable bonds is 7. The molecular weight excluding hydrogens is 148 g/mol. The molecule has 0 rings (SSSR count). The van der Waals surface area contributed by atoms with Crippen molar-refractivity contribution in [1.82, 2.24) is 0 Å². The average molecular weight is 172 g/mol. The maximum absolute atomic E-state index is 2.30. The number of hydrogen-bond acceptors (Lipinski definition) is 0. The minimum atomic E-state index is 1.11. The maximum atomic E-state index is 2.30. The molecule has 0 saturated heterocycles. The fourth-order valence-electron chi connectivity index (χ4n) is 1.56. The minimum absolute atomic E-state index is 1.11. The van der Waals surface area contributed by atoms with Crippen LogP contribution in [0.3, 0.4) is 0 Å². The maximum Gasteiger partial charge on any atom is 0.00672 e. The lowest BCUT2D eigenvalue weighted by Crippen LogP contribution is -1.91. The van der Waals surface area contributed by atoms with Crippen molar-refractivity contribution in [3.05, 3.63) is 0 Å². The van der Waals surface area contributed by atoms with E-state index < -0.39 is 0 Å². The van der Waals surface area contributed by atoms with Crippen LogP contribution in [-0.2, 0) is 0 Å². The fourth-order valence-corrected chi connectivity index (χ4v) is 2.54. The van der Waals surface area contributed by atoms with Crippen LogP contribution in [0.5, 0.6) is 0 Å². The van der Waals surface area contributed by atoms with Crippen molar-refractivity contribution in [2.75, 3.05) is 0 Å². The van der Waals surface area contributed by atoms with E-state index in [2.05, 4.69) is 13.8 Å². The quantitative estimate of drug-likeness (QED) is 0.409. The van der Waals surface area contributed by atoms with E-state index in [-0.39, 0.29) is 0 Å². The van der Waals surface area contributed by atoms with Crippen molar-refractivity contribution in [3.8, 4) is 0 Å². The van der Waals surface area contributed by atoms with Crippen LogP contribution in [0.2, 0.25) is 5.54 Å². The zero-order valence-corrected chi connectivity index (χ0v) is 10.5. The molecule has 0 aliphatic heterocycles. The summed E-state index contributed by atoms with van der Waals surface area (Å²) in [7, 11) is 1.42. The fraction of sp³-hybridized carbons (Fsp3) is 1.00. The van der Waals surface area contributed by atoms with Crippen LogP contribution in [0, 0.1) is 0 Å². The van der Waals surface area contributed by atoms with Gasteiger partial charge in [0.15, 0.2) is 0 Å². The monoisotopic (exact) mass is 172 g/mol. The summed E-state index contributed by atoms with van der Waals surface area (Å²) >= 11 is 0. The van der Waals surface area contributed by atoms with Crippen molar-refractivity contribution in [1.29, 1.82) is 0 Å². The highest BCUT2D eigenvalue weighted by Crippen LogP contribution is 2.17. The summed E-state index contributed by atoms with van der Waals surface area (Å²) in [5.41, 5.74) is 1.11. The van der Waals surface area contributed by atoms with Gasteiger partial charge < -0.3 is 0 Å². The van der Waals surface area contributed by atoms with Gasteiger partial charge in [0.1, 0.15) is 0 Å². The topological polar surface area (TPSA) is 0 Å². The Balaban J connectivity index is 2.97. The summed E-state index contributed by atoms with van der Waals surface area (Å²) in [5, 5.41) is 0. The van der Waals surface area contributed by atoms with Gasteiger partial charge in [0.05, 0.1) is 0 Å². The summed E-state index contributed by atoms with van der Waals surface area (Å²) in [5.74, 6) is 0. The van der Waals surface area contributed by atoms with Gasteiger partial charge in [0, 0.05) is 10.2 Å².